The summed E-state index contributed by atoms with van der Waals surface area (Å²) in [5, 5.41) is 12.5. The van der Waals surface area contributed by atoms with E-state index in [0.717, 1.165) is 6.42 Å². The quantitative estimate of drug-likeness (QED) is 0.806. The van der Waals surface area contributed by atoms with Gasteiger partial charge in [0.2, 0.25) is 0 Å². The van der Waals surface area contributed by atoms with E-state index >= 15 is 0 Å². The highest BCUT2D eigenvalue weighted by Gasteiger charge is 2.21. The maximum Gasteiger partial charge on any atom is 0.339 e. The van der Waals surface area contributed by atoms with Gasteiger partial charge in [-0.15, -0.1) is 0 Å². The molecular formula is C14H20N2O2. The van der Waals surface area contributed by atoms with Crippen LogP contribution in [0.3, 0.4) is 0 Å². The largest absolute Gasteiger partial charge is 0.478 e. The van der Waals surface area contributed by atoms with Gasteiger partial charge in [-0.3, -0.25) is 4.98 Å². The van der Waals surface area contributed by atoms with E-state index in [4.69, 9.17) is 5.11 Å². The zero-order chi connectivity index (χ0) is 13.0. The monoisotopic (exact) mass is 248 g/mol. The Hall–Kier alpha value is -1.58. The van der Waals surface area contributed by atoms with Crippen molar-refractivity contribution in [3.8, 4) is 0 Å². The fourth-order valence-electron chi connectivity index (χ4n) is 2.60. The van der Waals surface area contributed by atoms with E-state index in [-0.39, 0.29) is 5.56 Å². The number of rotatable bonds is 3. The Morgan fingerprint density at radius 1 is 1.39 bits per heavy atom. The number of carboxylic acids is 1. The molecule has 0 radical (unpaired) electrons. The first-order valence-corrected chi connectivity index (χ1v) is 6.62. The number of pyridine rings is 1. The van der Waals surface area contributed by atoms with Gasteiger partial charge in [-0.25, -0.2) is 4.79 Å². The van der Waals surface area contributed by atoms with Crippen LogP contribution >= 0.6 is 0 Å². The summed E-state index contributed by atoms with van der Waals surface area (Å²) in [5.41, 5.74) is 0.949. The molecule has 0 saturated heterocycles. The number of nitrogens with one attached hydrogen (secondary N) is 1. The number of carboxylic acid groups (broad SMARTS) is 1. The Morgan fingerprint density at radius 3 is 2.94 bits per heavy atom. The molecule has 0 amide bonds. The molecule has 0 bridgehead atoms. The third kappa shape index (κ3) is 3.00. The molecule has 0 spiro atoms. The Kier molecular flexibility index (Phi) is 4.18. The maximum atomic E-state index is 11.1. The van der Waals surface area contributed by atoms with Crippen LogP contribution in [0.25, 0.3) is 0 Å². The lowest BCUT2D eigenvalue weighted by atomic mass is 9.96. The predicted octanol–water partition coefficient (Wildman–Crippen LogP) is 3.16. The van der Waals surface area contributed by atoms with Gasteiger partial charge in [-0.05, 0) is 24.8 Å². The van der Waals surface area contributed by atoms with Crippen LogP contribution in [0.5, 0.6) is 0 Å². The molecule has 4 heteroatoms. The number of anilines is 1. The van der Waals surface area contributed by atoms with E-state index < -0.39 is 5.97 Å². The van der Waals surface area contributed by atoms with Gasteiger partial charge in [0.1, 0.15) is 5.56 Å². The Morgan fingerprint density at radius 2 is 2.17 bits per heavy atom. The highest BCUT2D eigenvalue weighted by molar-refractivity contribution is 5.93. The third-order valence-corrected chi connectivity index (χ3v) is 3.75. The Bertz CT molecular complexity index is 420. The summed E-state index contributed by atoms with van der Waals surface area (Å²) < 4.78 is 0. The van der Waals surface area contributed by atoms with Crippen molar-refractivity contribution in [3.63, 3.8) is 0 Å². The SMILES string of the molecule is CC1CCCCCC1Nc1ccncc1C(=O)O. The van der Waals surface area contributed by atoms with Crippen LogP contribution in [0, 0.1) is 5.92 Å². The standard InChI is InChI=1S/C14H20N2O2/c1-10-5-3-2-4-6-12(10)16-13-7-8-15-9-11(13)14(17)18/h7-10,12H,2-6H2,1H3,(H,15,16)(H,17,18). The first-order chi connectivity index (χ1) is 8.68. The van der Waals surface area contributed by atoms with E-state index in [0.29, 0.717) is 17.6 Å². The molecule has 1 heterocycles. The third-order valence-electron chi connectivity index (χ3n) is 3.75. The molecule has 2 N–H and O–H groups in total. The molecule has 1 aliphatic carbocycles. The average molecular weight is 248 g/mol. The number of hydrogen-bond donors (Lipinski definition) is 2. The number of carbonyl (C=O) groups is 1. The number of aromatic carboxylic acids is 1. The highest BCUT2D eigenvalue weighted by Crippen LogP contribution is 2.26. The summed E-state index contributed by atoms with van der Waals surface area (Å²) in [7, 11) is 0. The van der Waals surface area contributed by atoms with Crippen LogP contribution in [0.4, 0.5) is 5.69 Å². The van der Waals surface area contributed by atoms with E-state index in [2.05, 4.69) is 17.2 Å². The lowest BCUT2D eigenvalue weighted by Crippen LogP contribution is -2.27. The van der Waals surface area contributed by atoms with Crippen LogP contribution < -0.4 is 5.32 Å². The minimum Gasteiger partial charge on any atom is -0.478 e. The summed E-state index contributed by atoms with van der Waals surface area (Å²) in [5.74, 6) is -0.339. The van der Waals surface area contributed by atoms with Gasteiger partial charge in [0, 0.05) is 18.4 Å². The van der Waals surface area contributed by atoms with Gasteiger partial charge in [0.05, 0.1) is 5.69 Å². The summed E-state index contributed by atoms with van der Waals surface area (Å²) >= 11 is 0. The van der Waals surface area contributed by atoms with E-state index in [1.165, 1.54) is 31.9 Å². The first-order valence-electron chi connectivity index (χ1n) is 6.62. The summed E-state index contributed by atoms with van der Waals surface area (Å²) in [4.78, 5) is 15.0. The van der Waals surface area contributed by atoms with Crippen molar-refractivity contribution in [1.82, 2.24) is 4.98 Å². The molecule has 2 atom stereocenters. The van der Waals surface area contributed by atoms with E-state index in [9.17, 15) is 4.79 Å². The molecule has 1 aliphatic rings. The van der Waals surface area contributed by atoms with E-state index in [1.54, 1.807) is 12.3 Å². The van der Waals surface area contributed by atoms with Crippen molar-refractivity contribution in [2.75, 3.05) is 5.32 Å². The van der Waals surface area contributed by atoms with Gasteiger partial charge in [-0.1, -0.05) is 26.2 Å². The highest BCUT2D eigenvalue weighted by atomic mass is 16.4. The van der Waals surface area contributed by atoms with Crippen LogP contribution in [-0.2, 0) is 0 Å². The molecule has 0 aliphatic heterocycles. The Labute approximate surface area is 107 Å². The molecule has 2 unspecified atom stereocenters. The zero-order valence-electron chi connectivity index (χ0n) is 10.7. The maximum absolute atomic E-state index is 11.1. The van der Waals surface area contributed by atoms with Crippen molar-refractivity contribution in [2.24, 2.45) is 5.92 Å². The summed E-state index contributed by atoms with van der Waals surface area (Å²) in [6.45, 7) is 2.24. The van der Waals surface area contributed by atoms with Crippen molar-refractivity contribution < 1.29 is 9.90 Å². The topological polar surface area (TPSA) is 62.2 Å². The molecule has 18 heavy (non-hydrogen) atoms. The average Bonchev–Trinajstić information content (AvgIpc) is 2.55. The fourth-order valence-corrected chi connectivity index (χ4v) is 2.60. The molecule has 1 fully saturated rings. The number of aromatic nitrogens is 1. The first kappa shape index (κ1) is 12.9. The lowest BCUT2D eigenvalue weighted by Gasteiger charge is -2.24. The van der Waals surface area contributed by atoms with Crippen molar-refractivity contribution in [1.29, 1.82) is 0 Å². The normalized spacial score (nSPS) is 24.3. The van der Waals surface area contributed by atoms with Crippen molar-refractivity contribution in [3.05, 3.63) is 24.0 Å². The minimum atomic E-state index is -0.924. The van der Waals surface area contributed by atoms with Gasteiger partial charge in [0.15, 0.2) is 0 Å². The van der Waals surface area contributed by atoms with E-state index in [1.807, 2.05) is 0 Å². The second kappa shape index (κ2) is 5.85. The second-order valence-corrected chi connectivity index (χ2v) is 5.09. The molecule has 2 rings (SSSR count). The van der Waals surface area contributed by atoms with Gasteiger partial charge in [0.25, 0.3) is 0 Å². The second-order valence-electron chi connectivity index (χ2n) is 5.09. The Balaban J connectivity index is 2.14. The van der Waals surface area contributed by atoms with Crippen LogP contribution in [0.15, 0.2) is 18.5 Å². The number of nitrogens with zero attached hydrogens (tertiary/aromatic N) is 1. The van der Waals surface area contributed by atoms with Crippen molar-refractivity contribution in [2.45, 2.75) is 45.1 Å². The molecule has 1 aromatic heterocycles. The molecule has 0 aromatic carbocycles. The van der Waals surface area contributed by atoms with Gasteiger partial charge in [-0.2, -0.15) is 0 Å². The lowest BCUT2D eigenvalue weighted by molar-refractivity contribution is 0.0697. The molecular weight excluding hydrogens is 228 g/mol. The van der Waals surface area contributed by atoms with Gasteiger partial charge < -0.3 is 10.4 Å². The fraction of sp³-hybridized carbons (Fsp3) is 0.571. The predicted molar refractivity (Wildman–Crippen MR) is 70.9 cm³/mol. The minimum absolute atomic E-state index is 0.258. The molecule has 98 valence electrons. The van der Waals surface area contributed by atoms with Crippen LogP contribution in [0.1, 0.15) is 49.4 Å². The summed E-state index contributed by atoms with van der Waals surface area (Å²) in [6, 6.07) is 2.12. The molecule has 1 aromatic rings. The van der Waals surface area contributed by atoms with Crippen LogP contribution in [-0.4, -0.2) is 22.1 Å². The zero-order valence-corrected chi connectivity index (χ0v) is 10.7. The van der Waals surface area contributed by atoms with Gasteiger partial charge >= 0.3 is 5.97 Å². The molecule has 1 saturated carbocycles. The smallest absolute Gasteiger partial charge is 0.339 e. The van der Waals surface area contributed by atoms with Crippen molar-refractivity contribution >= 4 is 11.7 Å². The van der Waals surface area contributed by atoms with Crippen LogP contribution in [0.2, 0.25) is 0 Å². The summed E-state index contributed by atoms with van der Waals surface area (Å²) in [6.07, 6.45) is 9.15. The molecule has 4 nitrogen and oxygen atoms in total. The number of hydrogen-bond acceptors (Lipinski definition) is 3.